The first kappa shape index (κ1) is 16.7. The molecule has 1 heterocycles. The van der Waals surface area contributed by atoms with Crippen LogP contribution in [0.3, 0.4) is 0 Å². The van der Waals surface area contributed by atoms with E-state index in [-0.39, 0.29) is 4.99 Å². The van der Waals surface area contributed by atoms with Gasteiger partial charge in [-0.1, -0.05) is 31.3 Å². The number of hydrogen-bond donors (Lipinski definition) is 1. The Hall–Kier alpha value is -0.630. The highest BCUT2D eigenvalue weighted by atomic mass is 32.2. The first-order valence-corrected chi connectivity index (χ1v) is 9.78. The first-order valence-electron chi connectivity index (χ1n) is 6.88. The van der Waals surface area contributed by atoms with E-state index in [2.05, 4.69) is 6.92 Å². The minimum Gasteiger partial charge on any atom is -0.389 e. The summed E-state index contributed by atoms with van der Waals surface area (Å²) in [5.41, 5.74) is 6.93. The highest BCUT2D eigenvalue weighted by Crippen LogP contribution is 2.28. The van der Waals surface area contributed by atoms with Gasteiger partial charge in [-0.25, -0.2) is 8.42 Å². The van der Waals surface area contributed by atoms with Gasteiger partial charge in [0.15, 0.2) is 0 Å². The lowest BCUT2D eigenvalue weighted by atomic mass is 10.1. The molecule has 1 fully saturated rings. The van der Waals surface area contributed by atoms with Crippen LogP contribution in [0.25, 0.3) is 0 Å². The molecule has 1 aromatic carbocycles. The molecule has 0 amide bonds. The van der Waals surface area contributed by atoms with Gasteiger partial charge in [0.1, 0.15) is 4.99 Å². The Morgan fingerprint density at radius 1 is 1.52 bits per heavy atom. The minimum atomic E-state index is -3.49. The Balaban J connectivity index is 2.39. The third-order valence-corrected chi connectivity index (χ3v) is 7.26. The average Bonchev–Trinajstić information content (AvgIpc) is 2.47. The van der Waals surface area contributed by atoms with Gasteiger partial charge in [0.2, 0.25) is 10.0 Å². The fourth-order valence-corrected chi connectivity index (χ4v) is 5.58. The maximum absolute atomic E-state index is 12.9. The summed E-state index contributed by atoms with van der Waals surface area (Å²) in [5, 5.41) is 0.368. The van der Waals surface area contributed by atoms with E-state index < -0.39 is 10.0 Å². The molecule has 0 spiro atoms. The third kappa shape index (κ3) is 3.59. The zero-order valence-electron chi connectivity index (χ0n) is 12.2. The maximum atomic E-state index is 12.9. The Labute approximate surface area is 136 Å². The van der Waals surface area contributed by atoms with E-state index in [1.54, 1.807) is 29.4 Å². The number of rotatable bonds is 4. The van der Waals surface area contributed by atoms with Crippen molar-refractivity contribution in [1.29, 1.82) is 0 Å². The quantitative estimate of drug-likeness (QED) is 0.848. The van der Waals surface area contributed by atoms with Gasteiger partial charge >= 0.3 is 0 Å². The first-order chi connectivity index (χ1) is 9.86. The molecule has 2 rings (SSSR count). The smallest absolute Gasteiger partial charge is 0.243 e. The van der Waals surface area contributed by atoms with Gasteiger partial charge in [0.05, 0.1) is 4.90 Å². The number of nitrogens with two attached hydrogens (primary N) is 1. The number of sulfonamides is 1. The summed E-state index contributed by atoms with van der Waals surface area (Å²) in [6.45, 7) is 5.01. The third-order valence-electron chi connectivity index (χ3n) is 3.65. The standard InChI is InChI=1S/C14H20N2O2S3/c1-3-12-9-16(6-7-20-12)21(17,18)13-8-11(14(15)19)5-4-10(13)2/h4-5,8,12H,3,6-7,9H2,1-2H3,(H2,15,19). The van der Waals surface area contributed by atoms with Crippen LogP contribution in [0.4, 0.5) is 0 Å². The zero-order valence-corrected chi connectivity index (χ0v) is 14.7. The minimum absolute atomic E-state index is 0.215. The number of aryl methyl sites for hydroxylation is 1. The van der Waals surface area contributed by atoms with Gasteiger partial charge in [-0.15, -0.1) is 0 Å². The van der Waals surface area contributed by atoms with Crippen molar-refractivity contribution in [2.45, 2.75) is 30.4 Å². The molecule has 1 aliphatic heterocycles. The van der Waals surface area contributed by atoms with E-state index in [0.29, 0.717) is 28.8 Å². The second kappa shape index (κ2) is 6.64. The Kier molecular flexibility index (Phi) is 5.29. The molecule has 4 nitrogen and oxygen atoms in total. The summed E-state index contributed by atoms with van der Waals surface area (Å²) in [6.07, 6.45) is 0.975. The van der Waals surface area contributed by atoms with E-state index in [4.69, 9.17) is 18.0 Å². The molecule has 0 aromatic heterocycles. The van der Waals surface area contributed by atoms with Gasteiger partial charge < -0.3 is 5.73 Å². The van der Waals surface area contributed by atoms with Crippen LogP contribution in [0.2, 0.25) is 0 Å². The second-order valence-corrected chi connectivity index (χ2v) is 8.86. The van der Waals surface area contributed by atoms with Crippen LogP contribution in [0, 0.1) is 6.92 Å². The van der Waals surface area contributed by atoms with Crippen molar-refractivity contribution >= 4 is 39.0 Å². The summed E-state index contributed by atoms with van der Waals surface area (Å²) < 4.78 is 27.3. The molecular weight excluding hydrogens is 324 g/mol. The lowest BCUT2D eigenvalue weighted by Gasteiger charge is -2.31. The lowest BCUT2D eigenvalue weighted by molar-refractivity contribution is 0.415. The highest BCUT2D eigenvalue weighted by Gasteiger charge is 2.31. The normalized spacial score (nSPS) is 20.4. The number of hydrogen-bond acceptors (Lipinski definition) is 4. The van der Waals surface area contributed by atoms with Crippen LogP contribution in [0.5, 0.6) is 0 Å². The fourth-order valence-electron chi connectivity index (χ4n) is 2.33. The largest absolute Gasteiger partial charge is 0.389 e. The average molecular weight is 345 g/mol. The van der Waals surface area contributed by atoms with Crippen molar-refractivity contribution in [3.63, 3.8) is 0 Å². The molecule has 1 unspecified atom stereocenters. The van der Waals surface area contributed by atoms with Crippen molar-refractivity contribution in [2.24, 2.45) is 5.73 Å². The topological polar surface area (TPSA) is 63.4 Å². The molecule has 2 N–H and O–H groups in total. The molecule has 116 valence electrons. The molecule has 21 heavy (non-hydrogen) atoms. The van der Waals surface area contributed by atoms with E-state index >= 15 is 0 Å². The van der Waals surface area contributed by atoms with Crippen molar-refractivity contribution in [2.75, 3.05) is 18.8 Å². The molecule has 1 atom stereocenters. The van der Waals surface area contributed by atoms with Crippen LogP contribution in [0.1, 0.15) is 24.5 Å². The number of benzene rings is 1. The van der Waals surface area contributed by atoms with E-state index in [1.165, 1.54) is 0 Å². The molecule has 7 heteroatoms. The molecule has 1 aliphatic rings. The van der Waals surface area contributed by atoms with Crippen molar-refractivity contribution in [3.05, 3.63) is 29.3 Å². The van der Waals surface area contributed by atoms with Crippen LogP contribution in [-0.2, 0) is 10.0 Å². The molecular formula is C14H20N2O2S3. The summed E-state index contributed by atoms with van der Waals surface area (Å²) >= 11 is 6.79. The second-order valence-electron chi connectivity index (χ2n) is 5.11. The predicted molar refractivity (Wildman–Crippen MR) is 92.4 cm³/mol. The van der Waals surface area contributed by atoms with Crippen molar-refractivity contribution < 1.29 is 8.42 Å². The van der Waals surface area contributed by atoms with Gasteiger partial charge in [0.25, 0.3) is 0 Å². The number of thiocarbonyl (C=S) groups is 1. The predicted octanol–water partition coefficient (Wildman–Crippen LogP) is 2.15. The molecule has 0 radical (unpaired) electrons. The van der Waals surface area contributed by atoms with Crippen LogP contribution >= 0.6 is 24.0 Å². The summed E-state index contributed by atoms with van der Waals surface area (Å²) in [6, 6.07) is 5.12. The van der Waals surface area contributed by atoms with E-state index in [9.17, 15) is 8.42 Å². The molecule has 0 aliphatic carbocycles. The van der Waals surface area contributed by atoms with Gasteiger partial charge in [-0.05, 0) is 25.0 Å². The molecule has 0 bridgehead atoms. The Morgan fingerprint density at radius 3 is 2.86 bits per heavy atom. The van der Waals surface area contributed by atoms with E-state index in [1.807, 2.05) is 11.8 Å². The zero-order chi connectivity index (χ0) is 15.6. The SMILES string of the molecule is CCC1CN(S(=O)(=O)c2cc(C(N)=S)ccc2C)CCS1. The lowest BCUT2D eigenvalue weighted by Crippen LogP contribution is -2.41. The highest BCUT2D eigenvalue weighted by molar-refractivity contribution is 8.00. The van der Waals surface area contributed by atoms with Gasteiger partial charge in [-0.2, -0.15) is 16.1 Å². The maximum Gasteiger partial charge on any atom is 0.243 e. The summed E-state index contributed by atoms with van der Waals surface area (Å²) in [7, 11) is -3.49. The van der Waals surface area contributed by atoms with Gasteiger partial charge in [-0.3, -0.25) is 0 Å². The van der Waals surface area contributed by atoms with Gasteiger partial charge in [0, 0.05) is 29.7 Å². The van der Waals surface area contributed by atoms with Crippen LogP contribution < -0.4 is 5.73 Å². The van der Waals surface area contributed by atoms with E-state index in [0.717, 1.165) is 17.7 Å². The molecule has 0 saturated carbocycles. The monoisotopic (exact) mass is 344 g/mol. The van der Waals surface area contributed by atoms with Crippen LogP contribution in [0.15, 0.2) is 23.1 Å². The molecule has 1 saturated heterocycles. The van der Waals surface area contributed by atoms with Crippen molar-refractivity contribution in [3.8, 4) is 0 Å². The van der Waals surface area contributed by atoms with Crippen molar-refractivity contribution in [1.82, 2.24) is 4.31 Å². The Bertz CT molecular complexity index is 644. The summed E-state index contributed by atoms with van der Waals surface area (Å²) in [5.74, 6) is 0.839. The number of thioether (sulfide) groups is 1. The fraction of sp³-hybridized carbons (Fsp3) is 0.500. The van der Waals surface area contributed by atoms with Crippen LogP contribution in [-0.4, -0.2) is 41.8 Å². The number of nitrogens with zero attached hydrogens (tertiary/aromatic N) is 1. The Morgan fingerprint density at radius 2 is 2.24 bits per heavy atom. The summed E-state index contributed by atoms with van der Waals surface area (Å²) in [4.78, 5) is 0.529. The molecule has 1 aromatic rings.